The van der Waals surface area contributed by atoms with E-state index in [0.717, 1.165) is 38.9 Å². The number of nitrogens with zero attached hydrogens (tertiary/aromatic N) is 2. The van der Waals surface area contributed by atoms with Crippen LogP contribution in [-0.4, -0.2) is 47.2 Å². The van der Waals surface area contributed by atoms with Gasteiger partial charge in [-0.05, 0) is 41.8 Å². The van der Waals surface area contributed by atoms with Crippen molar-refractivity contribution in [3.8, 4) is 16.9 Å². The zero-order chi connectivity index (χ0) is 23.0. The van der Waals surface area contributed by atoms with Crippen LogP contribution in [0.5, 0.6) is 5.75 Å². The molecule has 0 unspecified atom stereocenters. The van der Waals surface area contributed by atoms with Crippen LogP contribution < -0.4 is 4.74 Å². The number of amides is 1. The van der Waals surface area contributed by atoms with E-state index in [-0.39, 0.29) is 12.5 Å². The molecule has 5 rings (SSSR count). The van der Waals surface area contributed by atoms with Crippen LogP contribution >= 0.6 is 0 Å². The van der Waals surface area contributed by atoms with E-state index in [1.165, 1.54) is 6.92 Å². The molecule has 1 saturated heterocycles. The summed E-state index contributed by atoms with van der Waals surface area (Å²) in [6, 6.07) is 14.5. The average molecular weight is 447 g/mol. The highest BCUT2D eigenvalue weighted by molar-refractivity contribution is 5.88. The number of hydrogen-bond acceptors (Lipinski definition) is 6. The molecule has 0 aliphatic carbocycles. The van der Waals surface area contributed by atoms with Crippen molar-refractivity contribution in [2.24, 2.45) is 0 Å². The number of aryl methyl sites for hydroxylation is 1. The Balaban J connectivity index is 1.30. The summed E-state index contributed by atoms with van der Waals surface area (Å²) in [4.78, 5) is 29.4. The monoisotopic (exact) mass is 446 g/mol. The van der Waals surface area contributed by atoms with Gasteiger partial charge in [0.05, 0.1) is 12.1 Å². The largest absolute Gasteiger partial charge is 0.462 e. The lowest BCUT2D eigenvalue weighted by atomic mass is 9.95. The highest BCUT2D eigenvalue weighted by Gasteiger charge is 2.42. The van der Waals surface area contributed by atoms with Gasteiger partial charge in [-0.2, -0.15) is 0 Å². The smallest absolute Gasteiger partial charge is 0.303 e. The third-order valence-electron chi connectivity index (χ3n) is 6.46. The van der Waals surface area contributed by atoms with E-state index in [9.17, 15) is 9.59 Å². The van der Waals surface area contributed by atoms with Crippen molar-refractivity contribution >= 4 is 22.8 Å². The Morgan fingerprint density at radius 1 is 1.15 bits per heavy atom. The van der Waals surface area contributed by atoms with E-state index >= 15 is 0 Å². The number of rotatable bonds is 3. The molecule has 2 aromatic carbocycles. The van der Waals surface area contributed by atoms with Crippen molar-refractivity contribution in [1.29, 1.82) is 0 Å². The van der Waals surface area contributed by atoms with Crippen LogP contribution in [0.25, 0.3) is 22.0 Å². The zero-order valence-electron chi connectivity index (χ0n) is 18.8. The maximum absolute atomic E-state index is 12.2. The molecule has 0 atom stereocenters. The van der Waals surface area contributed by atoms with Gasteiger partial charge in [0.25, 0.3) is 5.91 Å². The summed E-state index contributed by atoms with van der Waals surface area (Å²) in [5, 5.41) is 1.13. The summed E-state index contributed by atoms with van der Waals surface area (Å²) in [6.07, 6.45) is 2.95. The molecule has 1 fully saturated rings. The summed E-state index contributed by atoms with van der Waals surface area (Å²) in [7, 11) is 0. The zero-order valence-corrected chi connectivity index (χ0v) is 18.8. The lowest BCUT2D eigenvalue weighted by Gasteiger charge is -2.44. The minimum Gasteiger partial charge on any atom is -0.462 e. The number of hydrogen-bond donors (Lipinski definition) is 0. The van der Waals surface area contributed by atoms with Gasteiger partial charge in [-0.3, -0.25) is 14.6 Å². The first-order valence-electron chi connectivity index (χ1n) is 11.2. The molecule has 3 heterocycles. The van der Waals surface area contributed by atoms with Gasteiger partial charge in [-0.15, -0.1) is 0 Å². The molecule has 1 amide bonds. The van der Waals surface area contributed by atoms with Gasteiger partial charge in [0.1, 0.15) is 5.75 Å². The van der Waals surface area contributed by atoms with E-state index in [2.05, 4.69) is 42.2 Å². The summed E-state index contributed by atoms with van der Waals surface area (Å²) in [6.45, 7) is 4.62. The third kappa shape index (κ3) is 4.16. The second kappa shape index (κ2) is 8.48. The molecule has 0 bridgehead atoms. The number of benzene rings is 2. The number of carbonyl (C=O) groups excluding carboxylic acids is 2. The van der Waals surface area contributed by atoms with E-state index in [0.29, 0.717) is 32.5 Å². The van der Waals surface area contributed by atoms with Gasteiger partial charge >= 0.3 is 5.97 Å². The molecule has 3 aromatic rings. The molecule has 0 N–H and O–H groups in total. The number of ether oxygens (including phenoxy) is 3. The number of likely N-dealkylation sites (tertiary alicyclic amines) is 1. The third-order valence-corrected chi connectivity index (χ3v) is 6.46. The van der Waals surface area contributed by atoms with Crippen LogP contribution in [-0.2, 0) is 25.7 Å². The highest BCUT2D eigenvalue weighted by atomic mass is 16.7. The standard InChI is InChI=1S/C26H26N2O5/c1-17-22(7-5-19-4-3-11-27-25(17)19)20-6-8-23-21(14-20)15-32-26(33-23)9-12-28(13-10-26)24(30)16-31-18(2)29/h3-8,11,14H,9-10,12-13,15-16H2,1-2H3. The number of piperidine rings is 1. The molecule has 1 spiro atoms. The van der Waals surface area contributed by atoms with Crippen LogP contribution in [0.2, 0.25) is 0 Å². The van der Waals surface area contributed by atoms with Gasteiger partial charge < -0.3 is 19.1 Å². The van der Waals surface area contributed by atoms with Crippen LogP contribution in [0.15, 0.2) is 48.7 Å². The van der Waals surface area contributed by atoms with Crippen LogP contribution in [0.1, 0.15) is 30.9 Å². The first-order chi connectivity index (χ1) is 15.9. The van der Waals surface area contributed by atoms with Gasteiger partial charge in [0, 0.05) is 50.0 Å². The molecular formula is C26H26N2O5. The Labute approximate surface area is 192 Å². The molecule has 2 aliphatic heterocycles. The molecule has 170 valence electrons. The molecule has 0 saturated carbocycles. The SMILES string of the molecule is CC(=O)OCC(=O)N1CCC2(CC1)OCc1cc(-c3ccc4cccnc4c3C)ccc1O2. The minimum atomic E-state index is -0.727. The Morgan fingerprint density at radius 2 is 1.97 bits per heavy atom. The molecule has 7 heteroatoms. The number of fused-ring (bicyclic) bond motifs is 2. The van der Waals surface area contributed by atoms with Gasteiger partial charge in [-0.1, -0.05) is 24.3 Å². The second-order valence-electron chi connectivity index (χ2n) is 8.60. The van der Waals surface area contributed by atoms with Crippen LogP contribution in [0, 0.1) is 6.92 Å². The van der Waals surface area contributed by atoms with Crippen LogP contribution in [0.3, 0.4) is 0 Å². The molecular weight excluding hydrogens is 420 g/mol. The Kier molecular flexibility index (Phi) is 5.50. The number of pyridine rings is 1. The average Bonchev–Trinajstić information content (AvgIpc) is 2.83. The van der Waals surface area contributed by atoms with Crippen molar-refractivity contribution in [2.45, 2.75) is 39.1 Å². The first-order valence-corrected chi connectivity index (χ1v) is 11.2. The first kappa shape index (κ1) is 21.4. The lowest BCUT2D eigenvalue weighted by Crippen LogP contribution is -2.53. The molecule has 33 heavy (non-hydrogen) atoms. The Hall–Kier alpha value is -3.45. The van der Waals surface area contributed by atoms with E-state index in [1.807, 2.05) is 18.3 Å². The molecule has 7 nitrogen and oxygen atoms in total. The predicted octanol–water partition coefficient (Wildman–Crippen LogP) is 4.00. The van der Waals surface area contributed by atoms with Crippen LogP contribution in [0.4, 0.5) is 0 Å². The number of esters is 1. The van der Waals surface area contributed by atoms with E-state index < -0.39 is 11.8 Å². The van der Waals surface area contributed by atoms with Crippen molar-refractivity contribution in [3.05, 3.63) is 59.8 Å². The van der Waals surface area contributed by atoms with Crippen molar-refractivity contribution < 1.29 is 23.8 Å². The summed E-state index contributed by atoms with van der Waals surface area (Å²) in [5.74, 6) is -0.556. The summed E-state index contributed by atoms with van der Waals surface area (Å²) < 4.78 is 17.3. The maximum Gasteiger partial charge on any atom is 0.303 e. The quantitative estimate of drug-likeness (QED) is 0.566. The van der Waals surface area contributed by atoms with Crippen molar-refractivity contribution in [3.63, 3.8) is 0 Å². The fourth-order valence-electron chi connectivity index (χ4n) is 4.60. The summed E-state index contributed by atoms with van der Waals surface area (Å²) >= 11 is 0. The van der Waals surface area contributed by atoms with E-state index in [4.69, 9.17) is 14.2 Å². The lowest BCUT2D eigenvalue weighted by molar-refractivity contribution is -0.228. The Morgan fingerprint density at radius 3 is 2.76 bits per heavy atom. The fourth-order valence-corrected chi connectivity index (χ4v) is 4.60. The molecule has 2 aliphatic rings. The Bertz CT molecular complexity index is 1230. The highest BCUT2D eigenvalue weighted by Crippen LogP contribution is 2.40. The predicted molar refractivity (Wildman–Crippen MR) is 123 cm³/mol. The van der Waals surface area contributed by atoms with Gasteiger partial charge in [0.2, 0.25) is 5.79 Å². The molecule has 0 radical (unpaired) electrons. The second-order valence-corrected chi connectivity index (χ2v) is 8.60. The van der Waals surface area contributed by atoms with Crippen molar-refractivity contribution in [1.82, 2.24) is 9.88 Å². The fraction of sp³-hybridized carbons (Fsp3) is 0.346. The number of aromatic nitrogens is 1. The summed E-state index contributed by atoms with van der Waals surface area (Å²) in [5.41, 5.74) is 5.41. The van der Waals surface area contributed by atoms with Gasteiger partial charge in [0.15, 0.2) is 6.61 Å². The van der Waals surface area contributed by atoms with Crippen molar-refractivity contribution in [2.75, 3.05) is 19.7 Å². The van der Waals surface area contributed by atoms with Gasteiger partial charge in [-0.25, -0.2) is 0 Å². The normalized spacial score (nSPS) is 16.8. The minimum absolute atomic E-state index is 0.193. The number of carbonyl (C=O) groups is 2. The maximum atomic E-state index is 12.2. The molecule has 1 aromatic heterocycles. The van der Waals surface area contributed by atoms with E-state index in [1.54, 1.807) is 4.90 Å². The topological polar surface area (TPSA) is 78.0 Å².